The molecule has 0 bridgehead atoms. The molecule has 0 fully saturated rings. The van der Waals surface area contributed by atoms with E-state index < -0.39 is 0 Å². The molecule has 0 atom stereocenters. The Bertz CT molecular complexity index is 3150. The summed E-state index contributed by atoms with van der Waals surface area (Å²) < 4.78 is 2.39. The lowest BCUT2D eigenvalue weighted by molar-refractivity contribution is 0.660. The molecule has 0 unspecified atom stereocenters. The molecule has 0 saturated carbocycles. The maximum absolute atomic E-state index is 2.40. The smallest absolute Gasteiger partial charge is 0.0541 e. The Labute approximate surface area is 345 Å². The van der Waals surface area contributed by atoms with Crippen LogP contribution >= 0.6 is 0 Å². The third-order valence-corrected chi connectivity index (χ3v) is 12.4. The van der Waals surface area contributed by atoms with E-state index in [1.54, 1.807) is 0 Å². The molecule has 2 nitrogen and oxygen atoms in total. The van der Waals surface area contributed by atoms with Crippen LogP contribution in [0.4, 0.5) is 17.1 Å². The fourth-order valence-electron chi connectivity index (χ4n) is 9.40. The monoisotopic (exact) mass is 754 g/mol. The van der Waals surface area contributed by atoms with E-state index in [-0.39, 0.29) is 5.41 Å². The molecule has 0 N–H and O–H groups in total. The van der Waals surface area contributed by atoms with E-state index >= 15 is 0 Å². The summed E-state index contributed by atoms with van der Waals surface area (Å²) in [6, 6.07) is 79.7. The van der Waals surface area contributed by atoms with E-state index in [0.29, 0.717) is 0 Å². The van der Waals surface area contributed by atoms with E-state index in [2.05, 4.69) is 242 Å². The van der Waals surface area contributed by atoms with Crippen LogP contribution in [0.25, 0.3) is 72.0 Å². The molecule has 1 heterocycles. The van der Waals surface area contributed by atoms with Gasteiger partial charge >= 0.3 is 0 Å². The summed E-state index contributed by atoms with van der Waals surface area (Å²) in [5.41, 5.74) is 19.6. The molecular weight excluding hydrogens is 713 g/mol. The highest BCUT2D eigenvalue weighted by Gasteiger charge is 2.35. The van der Waals surface area contributed by atoms with E-state index in [0.717, 1.165) is 22.7 Å². The van der Waals surface area contributed by atoms with E-state index in [4.69, 9.17) is 0 Å². The summed E-state index contributed by atoms with van der Waals surface area (Å²) in [5.74, 6) is 0. The first-order valence-electron chi connectivity index (χ1n) is 20.5. The Kier molecular flexibility index (Phi) is 8.20. The van der Waals surface area contributed by atoms with Gasteiger partial charge in [-0.05, 0) is 128 Å². The first-order valence-corrected chi connectivity index (χ1v) is 20.5. The van der Waals surface area contributed by atoms with Crippen LogP contribution < -0.4 is 4.90 Å². The van der Waals surface area contributed by atoms with Crippen molar-refractivity contribution in [1.29, 1.82) is 0 Å². The summed E-state index contributed by atoms with van der Waals surface area (Å²) in [5, 5.41) is 2.50. The lowest BCUT2D eigenvalue weighted by atomic mass is 9.82. The second-order valence-electron chi connectivity index (χ2n) is 16.2. The van der Waals surface area contributed by atoms with Crippen molar-refractivity contribution in [3.63, 3.8) is 0 Å². The van der Waals surface area contributed by atoms with Gasteiger partial charge in [0.2, 0.25) is 0 Å². The highest BCUT2D eigenvalue weighted by atomic mass is 15.1. The van der Waals surface area contributed by atoms with E-state index in [1.807, 2.05) is 0 Å². The molecule has 2 heteroatoms. The highest BCUT2D eigenvalue weighted by molar-refractivity contribution is 6.10. The van der Waals surface area contributed by atoms with Gasteiger partial charge in [-0.2, -0.15) is 0 Å². The molecule has 0 aliphatic heterocycles. The Morgan fingerprint density at radius 1 is 0.339 bits per heavy atom. The number of hydrogen-bond acceptors (Lipinski definition) is 1. The normalized spacial score (nSPS) is 12.7. The number of aromatic nitrogens is 1. The number of fused-ring (bicyclic) bond motifs is 6. The van der Waals surface area contributed by atoms with Crippen molar-refractivity contribution in [2.45, 2.75) is 19.3 Å². The highest BCUT2D eigenvalue weighted by Crippen LogP contribution is 2.50. The summed E-state index contributed by atoms with van der Waals surface area (Å²) in [4.78, 5) is 2.38. The summed E-state index contributed by atoms with van der Waals surface area (Å²) in [6.07, 6.45) is 0. The summed E-state index contributed by atoms with van der Waals surface area (Å²) >= 11 is 0. The second kappa shape index (κ2) is 13.9. The Morgan fingerprint density at radius 2 is 0.864 bits per heavy atom. The zero-order valence-corrected chi connectivity index (χ0v) is 33.2. The fraction of sp³-hybridized carbons (Fsp3) is 0.0526. The van der Waals surface area contributed by atoms with Crippen molar-refractivity contribution in [3.8, 4) is 50.2 Å². The minimum atomic E-state index is -0.0735. The first kappa shape index (κ1) is 34.8. The lowest BCUT2D eigenvalue weighted by Crippen LogP contribution is -2.16. The van der Waals surface area contributed by atoms with Gasteiger partial charge < -0.3 is 9.47 Å². The minimum absolute atomic E-state index is 0.0735. The number of para-hydroxylation sites is 2. The number of benzene rings is 9. The van der Waals surface area contributed by atoms with Gasteiger partial charge in [-0.1, -0.05) is 159 Å². The topological polar surface area (TPSA) is 8.17 Å². The molecule has 59 heavy (non-hydrogen) atoms. The number of rotatable bonds is 7. The van der Waals surface area contributed by atoms with Crippen molar-refractivity contribution < 1.29 is 0 Å². The summed E-state index contributed by atoms with van der Waals surface area (Å²) in [7, 11) is 0. The average molecular weight is 755 g/mol. The van der Waals surface area contributed by atoms with Gasteiger partial charge in [-0.3, -0.25) is 0 Å². The molecule has 9 aromatic carbocycles. The van der Waals surface area contributed by atoms with Crippen molar-refractivity contribution in [2.75, 3.05) is 4.90 Å². The van der Waals surface area contributed by atoms with Crippen LogP contribution in [0.2, 0.25) is 0 Å². The third-order valence-electron chi connectivity index (χ3n) is 12.4. The molecular formula is C57H42N2. The molecule has 11 rings (SSSR count). The van der Waals surface area contributed by atoms with Crippen molar-refractivity contribution in [3.05, 3.63) is 230 Å². The third kappa shape index (κ3) is 5.87. The molecule has 1 aliphatic carbocycles. The molecule has 0 spiro atoms. The van der Waals surface area contributed by atoms with Crippen molar-refractivity contribution in [2.24, 2.45) is 0 Å². The minimum Gasteiger partial charge on any atom is -0.310 e. The zero-order valence-electron chi connectivity index (χ0n) is 33.2. The van der Waals surface area contributed by atoms with Gasteiger partial charge in [0.05, 0.1) is 11.0 Å². The van der Waals surface area contributed by atoms with Crippen LogP contribution in [-0.4, -0.2) is 4.57 Å². The fourth-order valence-corrected chi connectivity index (χ4v) is 9.40. The van der Waals surface area contributed by atoms with Crippen LogP contribution in [0.5, 0.6) is 0 Å². The van der Waals surface area contributed by atoms with Crippen molar-refractivity contribution >= 4 is 38.9 Å². The predicted octanol–water partition coefficient (Wildman–Crippen LogP) is 15.6. The van der Waals surface area contributed by atoms with Gasteiger partial charge in [0.1, 0.15) is 0 Å². The molecule has 10 aromatic rings. The maximum atomic E-state index is 2.40. The summed E-state index contributed by atoms with van der Waals surface area (Å²) in [6.45, 7) is 4.69. The maximum Gasteiger partial charge on any atom is 0.0541 e. The number of anilines is 3. The largest absolute Gasteiger partial charge is 0.310 e. The first-order chi connectivity index (χ1) is 29.0. The molecule has 1 aromatic heterocycles. The van der Waals surface area contributed by atoms with Gasteiger partial charge in [0.25, 0.3) is 0 Å². The van der Waals surface area contributed by atoms with E-state index in [1.165, 1.54) is 77.4 Å². The average Bonchev–Trinajstić information content (AvgIpc) is 3.75. The zero-order chi connectivity index (χ0) is 39.5. The number of nitrogens with zero attached hydrogens (tertiary/aromatic N) is 2. The SMILES string of the molecule is CC1(C)c2ccccc2-c2ccc(N(c3ccccc3)c3ccc(-c4cccc(-c5ccc6c(c5)c5ccccc5n6-c5ccc(-c6ccccc6)cc5)c4)cc3)cc21. The van der Waals surface area contributed by atoms with Crippen molar-refractivity contribution in [1.82, 2.24) is 4.57 Å². The van der Waals surface area contributed by atoms with Crippen LogP contribution in [0.3, 0.4) is 0 Å². The Hall–Kier alpha value is -7.42. The molecule has 0 amide bonds. The van der Waals surface area contributed by atoms with E-state index in [9.17, 15) is 0 Å². The van der Waals surface area contributed by atoms with Gasteiger partial charge in [0, 0.05) is 38.9 Å². The van der Waals surface area contributed by atoms with Gasteiger partial charge in [-0.15, -0.1) is 0 Å². The molecule has 280 valence electrons. The van der Waals surface area contributed by atoms with Gasteiger partial charge in [0.15, 0.2) is 0 Å². The van der Waals surface area contributed by atoms with Gasteiger partial charge in [-0.25, -0.2) is 0 Å². The van der Waals surface area contributed by atoms with Crippen LogP contribution in [0.15, 0.2) is 218 Å². The Morgan fingerprint density at radius 3 is 1.66 bits per heavy atom. The Balaban J connectivity index is 0.930. The predicted molar refractivity (Wildman–Crippen MR) is 249 cm³/mol. The molecule has 1 aliphatic rings. The number of hydrogen-bond donors (Lipinski definition) is 0. The molecule has 0 radical (unpaired) electrons. The quantitative estimate of drug-likeness (QED) is 0.157. The lowest BCUT2D eigenvalue weighted by Gasteiger charge is -2.28. The van der Waals surface area contributed by atoms with Crippen LogP contribution in [0, 0.1) is 0 Å². The standard InChI is InChI=1S/C57H42N2/c1-57(2)53-22-11-9-20-49(53)50-34-33-48(38-54(50)57)58(45-18-7-4-8-19-45)46-29-26-41(27-30-46)42-16-13-17-43(36-42)44-28-35-56-52(37-44)51-21-10-12-23-55(51)59(56)47-31-24-40(25-32-47)39-14-5-3-6-15-39/h3-38H,1-2H3. The van der Waals surface area contributed by atoms with Crippen LogP contribution in [-0.2, 0) is 5.41 Å². The second-order valence-corrected chi connectivity index (χ2v) is 16.2. The molecule has 0 saturated heterocycles. The van der Waals surface area contributed by atoms with Crippen LogP contribution in [0.1, 0.15) is 25.0 Å².